The minimum atomic E-state index is -0.959. The van der Waals surface area contributed by atoms with Crippen LogP contribution in [-0.4, -0.2) is 134 Å². The molecule has 0 radical (unpaired) electrons. The van der Waals surface area contributed by atoms with Gasteiger partial charge in [0.25, 0.3) is 0 Å². The van der Waals surface area contributed by atoms with Gasteiger partial charge in [0.1, 0.15) is 17.9 Å². The number of hydrogen-bond acceptors (Lipinski definition) is 13. The second-order valence-corrected chi connectivity index (χ2v) is 23.1. The Hall–Kier alpha value is -6.89. The van der Waals surface area contributed by atoms with Crippen molar-refractivity contribution in [1.29, 1.82) is 0 Å². The molecule has 1 aliphatic carbocycles. The lowest BCUT2D eigenvalue weighted by atomic mass is 9.85. The predicted octanol–water partition coefficient (Wildman–Crippen LogP) is 7.53. The van der Waals surface area contributed by atoms with Gasteiger partial charge in [-0.25, -0.2) is 9.97 Å². The summed E-state index contributed by atoms with van der Waals surface area (Å²) in [6.45, 7) is 20.0. The summed E-state index contributed by atoms with van der Waals surface area (Å²) in [4.78, 5) is 96.7. The molecule has 5 aromatic rings. The zero-order valence-electron chi connectivity index (χ0n) is 45.8. The quantitative estimate of drug-likeness (QED) is 0.0558. The van der Waals surface area contributed by atoms with Crippen molar-refractivity contribution in [3.05, 3.63) is 106 Å². The zero-order chi connectivity index (χ0) is 55.1. The Bertz CT molecular complexity index is 3050. The fourth-order valence-corrected chi connectivity index (χ4v) is 11.4. The number of carbonyl (C=O) groups is 6. The molecule has 2 saturated heterocycles. The Morgan fingerprint density at radius 2 is 1.58 bits per heavy atom. The minimum absolute atomic E-state index is 0.0218. The smallest absolute Gasteiger partial charge is 0.246 e. The Morgan fingerprint density at radius 3 is 2.25 bits per heavy atom. The third-order valence-electron chi connectivity index (χ3n) is 14.9. The van der Waals surface area contributed by atoms with Gasteiger partial charge < -0.3 is 30.9 Å². The summed E-state index contributed by atoms with van der Waals surface area (Å²) in [7, 11) is 0. The molecule has 2 aromatic carbocycles. The molecule has 3 aliphatic rings. The fraction of sp³-hybridized carbons (Fsp3) is 0.475. The summed E-state index contributed by atoms with van der Waals surface area (Å²) in [5.41, 5.74) is 9.93. The molecule has 17 nitrogen and oxygen atoms in total. The number of aliphatic hydroxyl groups is 1. The van der Waals surface area contributed by atoms with Gasteiger partial charge in [-0.2, -0.15) is 5.10 Å². The molecule has 3 aromatic heterocycles. The van der Waals surface area contributed by atoms with Crippen molar-refractivity contribution >= 4 is 63.3 Å². The topological polar surface area (TPSA) is 212 Å². The van der Waals surface area contributed by atoms with Crippen LogP contribution in [0, 0.1) is 12.3 Å². The summed E-state index contributed by atoms with van der Waals surface area (Å²) < 4.78 is 1.93. The number of anilines is 1. The van der Waals surface area contributed by atoms with E-state index in [-0.39, 0.29) is 74.1 Å². The van der Waals surface area contributed by atoms with E-state index >= 15 is 0 Å². The van der Waals surface area contributed by atoms with Crippen LogP contribution in [0.4, 0.5) is 5.82 Å². The highest BCUT2D eigenvalue weighted by Gasteiger charge is 2.44. The number of ketones is 2. The van der Waals surface area contributed by atoms with Crippen LogP contribution in [0.5, 0.6) is 0 Å². The molecule has 408 valence electrons. The number of pyridine rings is 1. The van der Waals surface area contributed by atoms with Crippen molar-refractivity contribution in [2.75, 3.05) is 50.7 Å². The van der Waals surface area contributed by atoms with Gasteiger partial charge in [0, 0.05) is 113 Å². The van der Waals surface area contributed by atoms with Gasteiger partial charge in [-0.05, 0) is 105 Å². The predicted molar refractivity (Wildman–Crippen MR) is 300 cm³/mol. The number of likely N-dealkylation sites (tertiary alicyclic amines) is 1. The molecule has 4 N–H and O–H groups in total. The van der Waals surface area contributed by atoms with Crippen molar-refractivity contribution in [3.63, 3.8) is 0 Å². The molecule has 0 saturated carbocycles. The first-order chi connectivity index (χ1) is 36.7. The van der Waals surface area contributed by atoms with E-state index in [2.05, 4.69) is 55.7 Å². The van der Waals surface area contributed by atoms with Crippen LogP contribution in [-0.2, 0) is 30.5 Å². The van der Waals surface area contributed by atoms with Crippen LogP contribution in [0.25, 0.3) is 32.5 Å². The van der Waals surface area contributed by atoms with Gasteiger partial charge >= 0.3 is 0 Å². The molecule has 0 unspecified atom stereocenters. The average molecular weight is 1070 g/mol. The number of benzene rings is 2. The van der Waals surface area contributed by atoms with Crippen LogP contribution in [0.1, 0.15) is 121 Å². The number of Topliss-reactive ketones (excluding diaryl/α,β-unsaturated/α-hetero) is 2. The number of β-amino-alcohol motifs (C(OH)–C–C–N with tert-alkyl or cyclic N) is 1. The number of hydrogen-bond donors (Lipinski definition) is 4. The van der Waals surface area contributed by atoms with Crippen LogP contribution in [0.15, 0.2) is 89.2 Å². The van der Waals surface area contributed by atoms with Gasteiger partial charge in [0.2, 0.25) is 23.6 Å². The molecule has 0 spiro atoms. The second kappa shape index (κ2) is 24.6. The molecule has 4 amide bonds. The lowest BCUT2D eigenvalue weighted by Crippen LogP contribution is -2.57. The first kappa shape index (κ1) is 56.3. The molecule has 8 rings (SSSR count). The number of piperazine rings is 1. The van der Waals surface area contributed by atoms with E-state index in [1.807, 2.05) is 106 Å². The van der Waals surface area contributed by atoms with Gasteiger partial charge in [0.05, 0.1) is 33.9 Å². The van der Waals surface area contributed by atoms with Gasteiger partial charge in [-0.1, -0.05) is 56.7 Å². The summed E-state index contributed by atoms with van der Waals surface area (Å²) in [5.74, 6) is -0.416. The molecule has 2 fully saturated rings. The van der Waals surface area contributed by atoms with Crippen LogP contribution < -0.4 is 20.9 Å². The number of aliphatic hydroxyl groups excluding tert-OH is 1. The van der Waals surface area contributed by atoms with E-state index in [4.69, 9.17) is 4.98 Å². The van der Waals surface area contributed by atoms with E-state index in [0.29, 0.717) is 37.9 Å². The number of amides is 4. The second-order valence-electron chi connectivity index (χ2n) is 22.2. The maximum absolute atomic E-state index is 14.1. The first-order valence-electron chi connectivity index (χ1n) is 26.9. The molecule has 18 heteroatoms. The van der Waals surface area contributed by atoms with Crippen molar-refractivity contribution < 1.29 is 33.9 Å². The highest BCUT2D eigenvalue weighted by molar-refractivity contribution is 7.13. The lowest BCUT2D eigenvalue weighted by molar-refractivity contribution is -0.144. The number of fused-ring (bicyclic) bond motifs is 1. The SMILES string of the molecule is CC1=CC(C)=C(CCC(=O)c2cc(-c3ccc(N4CCN(CCNC(=O)CCCC(=O)N[C@H](C(=O)N5C[C@H](O)C[C@H]5C(=O)NCc5ccc(-c6scnc6C)cc5)C(C)(C)C)CC4)nc3)cc3c2cnn3C(C)C)C(=O)C1. The van der Waals surface area contributed by atoms with E-state index < -0.39 is 29.5 Å². The number of rotatable bonds is 20. The van der Waals surface area contributed by atoms with Gasteiger partial charge in [-0.15, -0.1) is 11.3 Å². The summed E-state index contributed by atoms with van der Waals surface area (Å²) in [6.07, 6.45) is 6.37. The molecular formula is C59H74N10O7S. The third kappa shape index (κ3) is 13.8. The summed E-state index contributed by atoms with van der Waals surface area (Å²) in [6, 6.07) is 14.2. The highest BCUT2D eigenvalue weighted by Crippen LogP contribution is 2.33. The number of nitrogens with zero attached hydrogens (tertiary/aromatic N) is 7. The number of thiazole rings is 1. The molecule has 3 atom stereocenters. The van der Waals surface area contributed by atoms with Crippen molar-refractivity contribution in [1.82, 2.24) is 45.5 Å². The number of aryl methyl sites for hydroxylation is 1. The van der Waals surface area contributed by atoms with E-state index in [9.17, 15) is 33.9 Å². The summed E-state index contributed by atoms with van der Waals surface area (Å²) in [5, 5.41) is 24.9. The van der Waals surface area contributed by atoms with Crippen LogP contribution in [0.3, 0.4) is 0 Å². The number of nitrogens with one attached hydrogen (secondary N) is 3. The summed E-state index contributed by atoms with van der Waals surface area (Å²) >= 11 is 1.57. The molecule has 77 heavy (non-hydrogen) atoms. The Kier molecular flexibility index (Phi) is 18.0. The standard InChI is InChI=1S/C59H74N10O7S/c1-36(2)69-48-29-43(28-46(47(48)33-64-69)50(71)18-17-45-38(4)26-37(3)27-51(45)72)42-16-19-52(61-32-42)67-24-22-66(23-25-67)21-20-60-53(73)10-9-11-54(74)65-56(59(6,7)8)58(76)68-34-44(70)30-49(68)57(75)62-31-40-12-14-41(15-13-40)55-39(5)63-35-77-55/h12-16,19,26,28-29,32-33,35-36,44,49,56,70H,9-11,17-18,20-25,27,30-31,34H2,1-8H3,(H,60,73)(H,62,75)(H,65,74)/t44-,49+,56-/m1/s1. The molecule has 2 aliphatic heterocycles. The van der Waals surface area contributed by atoms with E-state index in [0.717, 1.165) is 92.4 Å². The van der Waals surface area contributed by atoms with Crippen molar-refractivity contribution in [3.8, 4) is 21.6 Å². The monoisotopic (exact) mass is 1070 g/mol. The largest absolute Gasteiger partial charge is 0.391 e. The van der Waals surface area contributed by atoms with E-state index in [1.165, 1.54) is 4.90 Å². The highest BCUT2D eigenvalue weighted by atomic mass is 32.1. The van der Waals surface area contributed by atoms with Crippen molar-refractivity contribution in [2.45, 2.75) is 131 Å². The number of aromatic nitrogens is 4. The Morgan fingerprint density at radius 1 is 0.857 bits per heavy atom. The van der Waals surface area contributed by atoms with Crippen LogP contribution >= 0.6 is 11.3 Å². The fourth-order valence-electron chi connectivity index (χ4n) is 10.6. The van der Waals surface area contributed by atoms with Crippen LogP contribution in [0.2, 0.25) is 0 Å². The first-order valence-corrected chi connectivity index (χ1v) is 27.8. The zero-order valence-corrected chi connectivity index (χ0v) is 46.6. The van der Waals surface area contributed by atoms with Gasteiger partial charge in [0.15, 0.2) is 11.6 Å². The molecule has 5 heterocycles. The van der Waals surface area contributed by atoms with Crippen molar-refractivity contribution in [2.24, 2.45) is 5.41 Å². The maximum Gasteiger partial charge on any atom is 0.246 e. The lowest BCUT2D eigenvalue weighted by Gasteiger charge is -2.35. The minimum Gasteiger partial charge on any atom is -0.391 e. The molecular weight excluding hydrogens is 993 g/mol. The Labute approximate surface area is 455 Å². The normalized spacial score (nSPS) is 17.7. The molecule has 0 bridgehead atoms. The third-order valence-corrected chi connectivity index (χ3v) is 15.8. The van der Waals surface area contributed by atoms with E-state index in [1.54, 1.807) is 17.5 Å². The van der Waals surface area contributed by atoms with Gasteiger partial charge in [-0.3, -0.25) is 38.3 Å². The number of carbonyl (C=O) groups excluding carboxylic acids is 6. The average Bonchev–Trinajstić information content (AvgIpc) is 4.15. The maximum atomic E-state index is 14.1. The Balaban J connectivity index is 0.764. The number of allylic oxidation sites excluding steroid dienone is 4.